The second-order valence-corrected chi connectivity index (χ2v) is 15.1. The van der Waals surface area contributed by atoms with E-state index in [1.165, 1.54) is 0 Å². The van der Waals surface area contributed by atoms with Gasteiger partial charge < -0.3 is 8.98 Å². The second kappa shape index (κ2) is 5.74. The Morgan fingerprint density at radius 2 is 1.70 bits per heavy atom. The Hall–Kier alpha value is 0.157. The van der Waals surface area contributed by atoms with Crippen LogP contribution in [-0.4, -0.2) is 29.4 Å². The molecule has 1 saturated carbocycles. The van der Waals surface area contributed by atoms with Crippen molar-refractivity contribution in [2.24, 2.45) is 4.40 Å². The molecule has 1 aliphatic carbocycles. The Bertz CT molecular complexity index is 365. The van der Waals surface area contributed by atoms with Crippen molar-refractivity contribution in [1.29, 1.82) is 0 Å². The van der Waals surface area contributed by atoms with E-state index in [9.17, 15) is 4.55 Å². The maximum absolute atomic E-state index is 11.9. The average molecular weight is 318 g/mol. The molecule has 1 aliphatic rings. The number of nitrogens with zero attached hydrogens (tertiary/aromatic N) is 1. The zero-order chi connectivity index (χ0) is 15.8. The predicted molar refractivity (Wildman–Crippen MR) is 91.3 cm³/mol. The molecule has 3 nitrogen and oxygen atoms in total. The van der Waals surface area contributed by atoms with Crippen LogP contribution in [0.5, 0.6) is 0 Å². The van der Waals surface area contributed by atoms with Crippen molar-refractivity contribution in [3.05, 3.63) is 0 Å². The molecule has 1 fully saturated rings. The first kappa shape index (κ1) is 18.2. The van der Waals surface area contributed by atoms with E-state index in [-0.39, 0.29) is 15.4 Å². The number of hydrogen-bond donors (Lipinski definition) is 0. The molecule has 0 bridgehead atoms. The van der Waals surface area contributed by atoms with Crippen molar-refractivity contribution < 1.29 is 8.98 Å². The van der Waals surface area contributed by atoms with Gasteiger partial charge in [-0.1, -0.05) is 25.2 Å². The van der Waals surface area contributed by atoms with Crippen molar-refractivity contribution in [2.75, 3.05) is 0 Å². The summed E-state index contributed by atoms with van der Waals surface area (Å²) in [6, 6.07) is 0. The van der Waals surface area contributed by atoms with Crippen molar-refractivity contribution in [3.8, 4) is 0 Å². The van der Waals surface area contributed by atoms with E-state index in [4.69, 9.17) is 4.43 Å². The van der Waals surface area contributed by atoms with E-state index >= 15 is 0 Å². The summed E-state index contributed by atoms with van der Waals surface area (Å²) in [6.45, 7) is 17.2. The molecule has 0 heterocycles. The van der Waals surface area contributed by atoms with Crippen LogP contribution in [0.1, 0.15) is 60.8 Å². The first-order valence-electron chi connectivity index (χ1n) is 7.44. The van der Waals surface area contributed by atoms with E-state index < -0.39 is 19.7 Å². The minimum Gasteiger partial charge on any atom is -0.591 e. The molecule has 118 valence electrons. The van der Waals surface area contributed by atoms with Crippen LogP contribution in [0.15, 0.2) is 4.40 Å². The van der Waals surface area contributed by atoms with Crippen LogP contribution in [0.3, 0.4) is 0 Å². The summed E-state index contributed by atoms with van der Waals surface area (Å²) in [4.78, 5) is 0. The van der Waals surface area contributed by atoms with Gasteiger partial charge in [0, 0.05) is 6.42 Å². The van der Waals surface area contributed by atoms with Crippen molar-refractivity contribution in [1.82, 2.24) is 0 Å². The van der Waals surface area contributed by atoms with Gasteiger partial charge in [0.1, 0.15) is 16.1 Å². The first-order chi connectivity index (χ1) is 8.79. The quantitative estimate of drug-likeness (QED) is 0.427. The maximum Gasteiger partial charge on any atom is 0.192 e. The molecule has 0 amide bonds. The fraction of sp³-hybridized carbons (Fsp3) is 0.933. The fourth-order valence-corrected chi connectivity index (χ4v) is 3.81. The van der Waals surface area contributed by atoms with Crippen LogP contribution in [0, 0.1) is 0 Å². The molecule has 1 atom stereocenters. The van der Waals surface area contributed by atoms with E-state index in [1.54, 1.807) is 0 Å². The van der Waals surface area contributed by atoms with Gasteiger partial charge in [-0.15, -0.1) is 0 Å². The Kier molecular flexibility index (Phi) is 5.23. The van der Waals surface area contributed by atoms with Crippen molar-refractivity contribution in [3.63, 3.8) is 0 Å². The summed E-state index contributed by atoms with van der Waals surface area (Å²) in [6.07, 6.45) is 4.82. The Morgan fingerprint density at radius 3 is 2.05 bits per heavy atom. The highest BCUT2D eigenvalue weighted by atomic mass is 32.2. The van der Waals surface area contributed by atoms with E-state index in [2.05, 4.69) is 38.3 Å². The van der Waals surface area contributed by atoms with Gasteiger partial charge in [0.25, 0.3) is 0 Å². The highest BCUT2D eigenvalue weighted by Crippen LogP contribution is 2.49. The van der Waals surface area contributed by atoms with Crippen LogP contribution in [-0.2, 0) is 15.8 Å². The zero-order valence-corrected chi connectivity index (χ0v) is 16.2. The zero-order valence-electron chi connectivity index (χ0n) is 14.4. The van der Waals surface area contributed by atoms with Gasteiger partial charge >= 0.3 is 0 Å². The molecule has 0 aromatic rings. The summed E-state index contributed by atoms with van der Waals surface area (Å²) in [5.41, 5.74) is -0.0193. The van der Waals surface area contributed by atoms with Crippen LogP contribution in [0.25, 0.3) is 0 Å². The summed E-state index contributed by atoms with van der Waals surface area (Å²) in [5, 5.41) is 0.230. The molecule has 0 N–H and O–H groups in total. The van der Waals surface area contributed by atoms with Crippen LogP contribution >= 0.6 is 0 Å². The van der Waals surface area contributed by atoms with Gasteiger partial charge in [0.15, 0.2) is 8.32 Å². The highest BCUT2D eigenvalue weighted by Gasteiger charge is 2.50. The third kappa shape index (κ3) is 4.86. The Labute approximate surface area is 129 Å². The smallest absolute Gasteiger partial charge is 0.192 e. The molecule has 0 aliphatic heterocycles. The van der Waals surface area contributed by atoms with Gasteiger partial charge in [0.05, 0.1) is 11.8 Å². The van der Waals surface area contributed by atoms with E-state index in [0.717, 1.165) is 19.3 Å². The third-order valence-corrected chi connectivity index (χ3v) is 10.2. The molecular weight excluding hydrogens is 286 g/mol. The lowest BCUT2D eigenvalue weighted by Gasteiger charge is -2.39. The molecule has 0 saturated heterocycles. The number of rotatable bonds is 5. The topological polar surface area (TPSA) is 44.7 Å². The van der Waals surface area contributed by atoms with Crippen LogP contribution in [0.4, 0.5) is 0 Å². The normalized spacial score (nSPS) is 21.2. The monoisotopic (exact) mass is 317 g/mol. The summed E-state index contributed by atoms with van der Waals surface area (Å²) < 4.78 is 22.3. The van der Waals surface area contributed by atoms with Crippen molar-refractivity contribution in [2.45, 2.75) is 89.3 Å². The SMILES string of the molecule is CC(C)(C)[S@@+]([O-])N=CCC1(O[Si](C)(C)C(C)(C)C)CC1. The lowest BCUT2D eigenvalue weighted by atomic mass is 10.2. The van der Waals surface area contributed by atoms with E-state index in [1.807, 2.05) is 27.0 Å². The molecule has 0 unspecified atom stereocenters. The van der Waals surface area contributed by atoms with Gasteiger partial charge in [-0.2, -0.15) is 0 Å². The second-order valence-electron chi connectivity index (χ2n) is 8.40. The first-order valence-corrected chi connectivity index (χ1v) is 11.5. The Balaban J connectivity index is 2.59. The van der Waals surface area contributed by atoms with Gasteiger partial charge in [-0.05, 0) is 51.7 Å². The van der Waals surface area contributed by atoms with Crippen LogP contribution in [0.2, 0.25) is 18.1 Å². The minimum absolute atomic E-state index is 0.0193. The summed E-state index contributed by atoms with van der Waals surface area (Å²) in [5.74, 6) is 0. The lowest BCUT2D eigenvalue weighted by Crippen LogP contribution is -2.44. The molecule has 5 heteroatoms. The molecule has 0 aromatic heterocycles. The average Bonchev–Trinajstić information content (AvgIpc) is 2.93. The summed E-state index contributed by atoms with van der Waals surface area (Å²) >= 11 is -1.16. The molecule has 0 spiro atoms. The third-order valence-electron chi connectivity index (χ3n) is 4.24. The lowest BCUT2D eigenvalue weighted by molar-refractivity contribution is 0.167. The van der Waals surface area contributed by atoms with Crippen molar-refractivity contribution >= 4 is 25.9 Å². The summed E-state index contributed by atoms with van der Waals surface area (Å²) in [7, 11) is -1.73. The number of hydrogen-bond acceptors (Lipinski definition) is 3. The van der Waals surface area contributed by atoms with Gasteiger partial charge in [-0.3, -0.25) is 0 Å². The van der Waals surface area contributed by atoms with E-state index in [0.29, 0.717) is 0 Å². The molecule has 0 aromatic carbocycles. The standard InChI is InChI=1S/C15H31NO2SSi/c1-13(2,3)19(17)16-12-11-15(9-10-15)18-20(7,8)14(4,5)6/h12H,9-11H2,1-8H3/t19-/m1/s1. The van der Waals surface area contributed by atoms with Gasteiger partial charge in [0.2, 0.25) is 0 Å². The Morgan fingerprint density at radius 1 is 1.20 bits per heavy atom. The molecule has 20 heavy (non-hydrogen) atoms. The van der Waals surface area contributed by atoms with Gasteiger partial charge in [-0.25, -0.2) is 0 Å². The maximum atomic E-state index is 11.9. The van der Waals surface area contributed by atoms with Crippen LogP contribution < -0.4 is 0 Å². The highest BCUT2D eigenvalue weighted by molar-refractivity contribution is 7.91. The largest absolute Gasteiger partial charge is 0.591 e. The molecular formula is C15H31NO2SSi. The molecule has 1 rings (SSSR count). The minimum atomic E-state index is -1.73. The predicted octanol–water partition coefficient (Wildman–Crippen LogP) is 4.46. The molecule has 0 radical (unpaired) electrons. The fourth-order valence-electron chi connectivity index (χ4n) is 1.61.